The second-order valence-electron chi connectivity index (χ2n) is 3.21. The average molecular weight is 206 g/mol. The van der Waals surface area contributed by atoms with Gasteiger partial charge in [-0.05, 0) is 6.42 Å². The van der Waals surface area contributed by atoms with Gasteiger partial charge in [-0.1, -0.05) is 6.92 Å². The van der Waals surface area contributed by atoms with Crippen LogP contribution in [0.5, 0.6) is 0 Å². The van der Waals surface area contributed by atoms with Crippen molar-refractivity contribution in [2.45, 2.75) is 19.4 Å². The van der Waals surface area contributed by atoms with E-state index in [1.165, 1.54) is 4.90 Å². The minimum atomic E-state index is -1.12. The lowest BCUT2D eigenvalue weighted by Gasteiger charge is -2.11. The molecule has 0 aromatic heterocycles. The lowest BCUT2D eigenvalue weighted by molar-refractivity contribution is -0.125. The van der Waals surface area contributed by atoms with Gasteiger partial charge in [-0.25, -0.2) is 0 Å². The van der Waals surface area contributed by atoms with Gasteiger partial charge >= 0.3 is 0 Å². The van der Waals surface area contributed by atoms with Crippen LogP contribution < -0.4 is 5.73 Å². The van der Waals surface area contributed by atoms with E-state index < -0.39 is 10.8 Å². The minimum Gasteiger partial charge on any atom is -0.348 e. The van der Waals surface area contributed by atoms with Crippen LogP contribution in [-0.2, 0) is 15.6 Å². The van der Waals surface area contributed by atoms with Crippen molar-refractivity contribution >= 4 is 16.7 Å². The fourth-order valence-corrected chi connectivity index (χ4v) is 2.05. The third-order valence-electron chi connectivity index (χ3n) is 1.71. The number of nitrogens with zero attached hydrogens (tertiary/aromatic N) is 1. The number of carbonyl (C=O) groups is 1. The predicted molar refractivity (Wildman–Crippen MR) is 54.8 cm³/mol. The van der Waals surface area contributed by atoms with E-state index in [0.29, 0.717) is 5.75 Å². The molecule has 0 radical (unpaired) electrons. The van der Waals surface area contributed by atoms with Gasteiger partial charge < -0.3 is 10.6 Å². The van der Waals surface area contributed by atoms with Crippen LogP contribution in [0.1, 0.15) is 13.3 Å². The van der Waals surface area contributed by atoms with E-state index in [2.05, 4.69) is 0 Å². The molecule has 0 aromatic carbocycles. The van der Waals surface area contributed by atoms with Crippen molar-refractivity contribution in [1.29, 1.82) is 0 Å². The summed E-state index contributed by atoms with van der Waals surface area (Å²) in [6.45, 7) is 1.94. The van der Waals surface area contributed by atoms with E-state index in [1.54, 1.807) is 14.1 Å². The maximum absolute atomic E-state index is 11.3. The first-order valence-corrected chi connectivity index (χ1v) is 5.76. The number of carbonyl (C=O) groups excluding carboxylic acids is 1. The number of hydrogen-bond donors (Lipinski definition) is 1. The molecule has 4 nitrogen and oxygen atoms in total. The first-order valence-electron chi connectivity index (χ1n) is 4.28. The zero-order chi connectivity index (χ0) is 10.4. The summed E-state index contributed by atoms with van der Waals surface area (Å²) in [5.74, 6) is 0.387. The molecule has 0 rings (SSSR count). The Hall–Kier alpha value is -0.420. The summed E-state index contributed by atoms with van der Waals surface area (Å²) in [5, 5.41) is 0. The van der Waals surface area contributed by atoms with Crippen LogP contribution in [0.4, 0.5) is 0 Å². The standard InChI is InChI=1S/C8H18N2O2S/c1-4-7(9)5-13(12)6-8(11)10(2)3/h7H,4-6,9H2,1-3H3. The minimum absolute atomic E-state index is 0.0594. The van der Waals surface area contributed by atoms with Crippen LogP contribution in [0.15, 0.2) is 0 Å². The first-order chi connectivity index (χ1) is 5.97. The molecule has 0 aliphatic heterocycles. The third-order valence-corrected chi connectivity index (χ3v) is 3.08. The molecule has 0 fully saturated rings. The van der Waals surface area contributed by atoms with Crippen molar-refractivity contribution < 1.29 is 9.00 Å². The normalized spacial score (nSPS) is 15.1. The Morgan fingerprint density at radius 3 is 2.46 bits per heavy atom. The number of amides is 1. The molecule has 0 spiro atoms. The van der Waals surface area contributed by atoms with Gasteiger partial charge in [0, 0.05) is 36.7 Å². The van der Waals surface area contributed by atoms with E-state index in [-0.39, 0.29) is 17.7 Å². The molecule has 0 aliphatic rings. The van der Waals surface area contributed by atoms with E-state index in [1.807, 2.05) is 6.92 Å². The fraction of sp³-hybridized carbons (Fsp3) is 0.875. The van der Waals surface area contributed by atoms with Crippen LogP contribution in [-0.4, -0.2) is 46.7 Å². The van der Waals surface area contributed by atoms with Crippen molar-refractivity contribution in [3.63, 3.8) is 0 Å². The number of hydrogen-bond acceptors (Lipinski definition) is 3. The lowest BCUT2D eigenvalue weighted by atomic mass is 10.3. The summed E-state index contributed by atoms with van der Waals surface area (Å²) < 4.78 is 11.3. The highest BCUT2D eigenvalue weighted by atomic mass is 32.2. The molecule has 0 aliphatic carbocycles. The van der Waals surface area contributed by atoms with Crippen LogP contribution in [0.25, 0.3) is 0 Å². The highest BCUT2D eigenvalue weighted by Crippen LogP contribution is 1.93. The van der Waals surface area contributed by atoms with Gasteiger partial charge in [0.1, 0.15) is 5.75 Å². The van der Waals surface area contributed by atoms with Gasteiger partial charge in [-0.3, -0.25) is 9.00 Å². The molecule has 0 aromatic rings. The predicted octanol–water partition coefficient (Wildman–Crippen LogP) is -0.439. The molecule has 5 heteroatoms. The van der Waals surface area contributed by atoms with E-state index in [9.17, 15) is 9.00 Å². The summed E-state index contributed by atoms with van der Waals surface area (Å²) in [6.07, 6.45) is 0.794. The van der Waals surface area contributed by atoms with Crippen LogP contribution in [0.2, 0.25) is 0 Å². The van der Waals surface area contributed by atoms with E-state index in [4.69, 9.17) is 5.73 Å². The molecule has 0 saturated heterocycles. The molecule has 78 valence electrons. The third kappa shape index (κ3) is 5.76. The summed E-state index contributed by atoms with van der Waals surface area (Å²) in [7, 11) is 2.19. The molecule has 0 bridgehead atoms. The highest BCUT2D eigenvalue weighted by molar-refractivity contribution is 7.85. The zero-order valence-corrected chi connectivity index (χ0v) is 9.26. The van der Waals surface area contributed by atoms with Crippen molar-refractivity contribution in [3.05, 3.63) is 0 Å². The maximum Gasteiger partial charge on any atom is 0.234 e. The Morgan fingerprint density at radius 1 is 1.54 bits per heavy atom. The highest BCUT2D eigenvalue weighted by Gasteiger charge is 2.12. The molecule has 2 unspecified atom stereocenters. The van der Waals surface area contributed by atoms with Crippen molar-refractivity contribution in [2.24, 2.45) is 5.73 Å². The Kier molecular flexibility index (Phi) is 5.90. The topological polar surface area (TPSA) is 63.4 Å². The fourth-order valence-electron chi connectivity index (χ4n) is 0.682. The van der Waals surface area contributed by atoms with Crippen LogP contribution in [0.3, 0.4) is 0 Å². The molecular formula is C8H18N2O2S. The van der Waals surface area contributed by atoms with Gasteiger partial charge in [0.05, 0.1) is 0 Å². The molecule has 13 heavy (non-hydrogen) atoms. The summed E-state index contributed by atoms with van der Waals surface area (Å²) >= 11 is 0. The summed E-state index contributed by atoms with van der Waals surface area (Å²) in [4.78, 5) is 12.6. The molecule has 2 atom stereocenters. The molecule has 0 heterocycles. The smallest absolute Gasteiger partial charge is 0.234 e. The SMILES string of the molecule is CCC(N)CS(=O)CC(=O)N(C)C. The molecule has 1 amide bonds. The summed E-state index contributed by atoms with van der Waals surface area (Å²) in [6, 6.07) is -0.0594. The average Bonchev–Trinajstić information content (AvgIpc) is 2.03. The van der Waals surface area contributed by atoms with Gasteiger partial charge in [0.2, 0.25) is 5.91 Å². The van der Waals surface area contributed by atoms with Crippen LogP contribution in [0, 0.1) is 0 Å². The quantitative estimate of drug-likeness (QED) is 0.663. The van der Waals surface area contributed by atoms with Crippen molar-refractivity contribution in [1.82, 2.24) is 4.90 Å². The Balaban J connectivity index is 3.81. The van der Waals surface area contributed by atoms with Gasteiger partial charge in [0.15, 0.2) is 0 Å². The summed E-state index contributed by atoms with van der Waals surface area (Å²) in [5.41, 5.74) is 5.61. The van der Waals surface area contributed by atoms with Gasteiger partial charge in [-0.15, -0.1) is 0 Å². The van der Waals surface area contributed by atoms with Crippen LogP contribution >= 0.6 is 0 Å². The first kappa shape index (κ1) is 12.6. The van der Waals surface area contributed by atoms with Gasteiger partial charge in [-0.2, -0.15) is 0 Å². The van der Waals surface area contributed by atoms with Gasteiger partial charge in [0.25, 0.3) is 0 Å². The molecule has 2 N–H and O–H groups in total. The lowest BCUT2D eigenvalue weighted by Crippen LogP contribution is -2.32. The molecule has 0 saturated carbocycles. The Morgan fingerprint density at radius 2 is 2.08 bits per heavy atom. The maximum atomic E-state index is 11.3. The monoisotopic (exact) mass is 206 g/mol. The molecular weight excluding hydrogens is 188 g/mol. The van der Waals surface area contributed by atoms with Crippen molar-refractivity contribution in [2.75, 3.05) is 25.6 Å². The number of rotatable bonds is 5. The zero-order valence-electron chi connectivity index (χ0n) is 8.45. The van der Waals surface area contributed by atoms with E-state index >= 15 is 0 Å². The number of nitrogens with two attached hydrogens (primary N) is 1. The Bertz CT molecular complexity index is 195. The second kappa shape index (κ2) is 6.10. The van der Waals surface area contributed by atoms with E-state index in [0.717, 1.165) is 6.42 Å². The largest absolute Gasteiger partial charge is 0.348 e. The Labute approximate surface area is 81.9 Å². The second-order valence-corrected chi connectivity index (χ2v) is 4.71. The van der Waals surface area contributed by atoms with Crippen molar-refractivity contribution in [3.8, 4) is 0 Å².